The van der Waals surface area contributed by atoms with E-state index in [0.717, 1.165) is 11.8 Å². The van der Waals surface area contributed by atoms with Gasteiger partial charge in [0.1, 0.15) is 5.15 Å². The quantitative estimate of drug-likeness (QED) is 0.848. The fourth-order valence-corrected chi connectivity index (χ4v) is 5.35. The van der Waals surface area contributed by atoms with E-state index in [0.29, 0.717) is 34.3 Å². The summed E-state index contributed by atoms with van der Waals surface area (Å²) in [6, 6.07) is 3.86. The average Bonchev–Trinajstić information content (AvgIpc) is 2.41. The first-order valence-electron chi connectivity index (χ1n) is 8.04. The zero-order chi connectivity index (χ0) is 14.6. The lowest BCUT2D eigenvalue weighted by Crippen LogP contribution is -2.55. The zero-order valence-corrected chi connectivity index (χ0v) is 13.1. The van der Waals surface area contributed by atoms with E-state index < -0.39 is 0 Å². The standard InChI is InChI=1S/C17H21ClN2O/c1-9-14(2-3-15(18)19-9)17(21)20-16-12-5-10-4-11(7-12)8-13(16)6-10/h2-3,10-13,16H,4-8H2,1H3,(H,20,21). The van der Waals surface area contributed by atoms with Crippen LogP contribution in [-0.4, -0.2) is 16.9 Å². The third-order valence-corrected chi connectivity index (χ3v) is 6.03. The van der Waals surface area contributed by atoms with Gasteiger partial charge >= 0.3 is 0 Å². The van der Waals surface area contributed by atoms with Crippen molar-refractivity contribution in [1.82, 2.24) is 10.3 Å². The molecule has 21 heavy (non-hydrogen) atoms. The van der Waals surface area contributed by atoms with Gasteiger partial charge < -0.3 is 5.32 Å². The highest BCUT2D eigenvalue weighted by atomic mass is 35.5. The summed E-state index contributed by atoms with van der Waals surface area (Å²) >= 11 is 5.87. The number of nitrogens with one attached hydrogen (secondary N) is 1. The largest absolute Gasteiger partial charge is 0.349 e. The fraction of sp³-hybridized carbons (Fsp3) is 0.647. The van der Waals surface area contributed by atoms with Crippen LogP contribution >= 0.6 is 11.6 Å². The lowest BCUT2D eigenvalue weighted by atomic mass is 9.54. The van der Waals surface area contributed by atoms with Gasteiger partial charge in [0, 0.05) is 6.04 Å². The molecule has 0 atom stereocenters. The molecule has 0 radical (unpaired) electrons. The Hall–Kier alpha value is -1.09. The van der Waals surface area contributed by atoms with Gasteiger partial charge in [-0.1, -0.05) is 11.6 Å². The number of rotatable bonds is 2. The minimum absolute atomic E-state index is 0.0224. The summed E-state index contributed by atoms with van der Waals surface area (Å²) in [6.07, 6.45) is 6.70. The van der Waals surface area contributed by atoms with Gasteiger partial charge in [0.15, 0.2) is 0 Å². The molecule has 1 amide bonds. The maximum Gasteiger partial charge on any atom is 0.253 e. The molecule has 112 valence electrons. The second kappa shape index (κ2) is 4.98. The van der Waals surface area contributed by atoms with Crippen molar-refractivity contribution in [1.29, 1.82) is 0 Å². The smallest absolute Gasteiger partial charge is 0.253 e. The van der Waals surface area contributed by atoms with Crippen molar-refractivity contribution in [2.75, 3.05) is 0 Å². The number of amides is 1. The number of hydrogen-bond donors (Lipinski definition) is 1. The molecule has 1 aromatic heterocycles. The summed E-state index contributed by atoms with van der Waals surface area (Å²) in [5.41, 5.74) is 1.37. The number of halogens is 1. The second-order valence-corrected chi connectivity index (χ2v) is 7.58. The lowest BCUT2D eigenvalue weighted by molar-refractivity contribution is -0.0119. The molecule has 0 aromatic carbocycles. The molecule has 3 nitrogen and oxygen atoms in total. The van der Waals surface area contributed by atoms with E-state index in [1.54, 1.807) is 12.1 Å². The molecule has 4 saturated carbocycles. The van der Waals surface area contributed by atoms with E-state index in [9.17, 15) is 4.79 Å². The monoisotopic (exact) mass is 304 g/mol. The Morgan fingerprint density at radius 3 is 2.33 bits per heavy atom. The number of nitrogens with zero attached hydrogens (tertiary/aromatic N) is 1. The molecule has 1 heterocycles. The van der Waals surface area contributed by atoms with Crippen molar-refractivity contribution in [2.45, 2.75) is 45.1 Å². The topological polar surface area (TPSA) is 42.0 Å². The Morgan fingerprint density at radius 2 is 1.76 bits per heavy atom. The van der Waals surface area contributed by atoms with Gasteiger partial charge in [-0.15, -0.1) is 0 Å². The lowest BCUT2D eigenvalue weighted by Gasteiger charge is -2.54. The van der Waals surface area contributed by atoms with E-state index in [2.05, 4.69) is 10.3 Å². The van der Waals surface area contributed by atoms with Crippen molar-refractivity contribution in [3.05, 3.63) is 28.5 Å². The first-order chi connectivity index (χ1) is 10.1. The van der Waals surface area contributed by atoms with Crippen LogP contribution in [0, 0.1) is 30.6 Å². The highest BCUT2D eigenvalue weighted by molar-refractivity contribution is 6.29. The molecule has 4 bridgehead atoms. The molecule has 1 N–H and O–H groups in total. The number of pyridine rings is 1. The van der Waals surface area contributed by atoms with Crippen molar-refractivity contribution in [3.8, 4) is 0 Å². The maximum atomic E-state index is 12.6. The molecule has 0 saturated heterocycles. The number of carbonyl (C=O) groups excluding carboxylic acids is 1. The average molecular weight is 305 g/mol. The van der Waals surface area contributed by atoms with Gasteiger partial charge in [-0.05, 0) is 74.8 Å². The highest BCUT2D eigenvalue weighted by Gasteiger charge is 2.48. The SMILES string of the molecule is Cc1nc(Cl)ccc1C(=O)NC1C2CC3CC(C2)CC1C3. The van der Waals surface area contributed by atoms with Crippen molar-refractivity contribution >= 4 is 17.5 Å². The van der Waals surface area contributed by atoms with E-state index in [1.807, 2.05) is 6.92 Å². The molecule has 0 spiro atoms. The molecule has 4 aliphatic rings. The Morgan fingerprint density at radius 1 is 1.14 bits per heavy atom. The summed E-state index contributed by atoms with van der Waals surface area (Å²) in [7, 11) is 0. The molecular formula is C17H21ClN2O. The summed E-state index contributed by atoms with van der Waals surface area (Å²) in [5, 5.41) is 3.76. The molecule has 1 aromatic rings. The first kappa shape index (κ1) is 13.6. The summed E-state index contributed by atoms with van der Waals surface area (Å²) < 4.78 is 0. The van der Waals surface area contributed by atoms with Gasteiger partial charge in [0.05, 0.1) is 11.3 Å². The predicted molar refractivity (Wildman–Crippen MR) is 82.3 cm³/mol. The Kier molecular flexibility index (Phi) is 3.21. The Bertz CT molecular complexity index is 558. The number of carbonyl (C=O) groups is 1. The van der Waals surface area contributed by atoms with E-state index >= 15 is 0 Å². The molecule has 4 fully saturated rings. The van der Waals surface area contributed by atoms with Gasteiger partial charge in [-0.25, -0.2) is 4.98 Å². The van der Waals surface area contributed by atoms with E-state index in [-0.39, 0.29) is 5.91 Å². The van der Waals surface area contributed by atoms with E-state index in [1.165, 1.54) is 32.1 Å². The van der Waals surface area contributed by atoms with E-state index in [4.69, 9.17) is 11.6 Å². The maximum absolute atomic E-state index is 12.6. The Balaban J connectivity index is 1.52. The highest BCUT2D eigenvalue weighted by Crippen LogP contribution is 2.53. The molecule has 4 heteroatoms. The van der Waals surface area contributed by atoms with Crippen LogP contribution in [0.3, 0.4) is 0 Å². The molecule has 5 rings (SSSR count). The normalized spacial score (nSPS) is 36.8. The predicted octanol–water partition coefficient (Wildman–Crippen LogP) is 3.60. The minimum Gasteiger partial charge on any atom is -0.349 e. The van der Waals surface area contributed by atoms with Crippen LogP contribution in [0.25, 0.3) is 0 Å². The number of aryl methyl sites for hydroxylation is 1. The van der Waals surface area contributed by atoms with Gasteiger partial charge in [0.2, 0.25) is 0 Å². The third kappa shape index (κ3) is 2.36. The van der Waals surface area contributed by atoms with Gasteiger partial charge in [0.25, 0.3) is 5.91 Å². The number of aromatic nitrogens is 1. The third-order valence-electron chi connectivity index (χ3n) is 5.82. The van der Waals surface area contributed by atoms with Crippen LogP contribution in [0.5, 0.6) is 0 Å². The summed E-state index contributed by atoms with van der Waals surface area (Å²) in [6.45, 7) is 1.84. The van der Waals surface area contributed by atoms with Crippen molar-refractivity contribution < 1.29 is 4.79 Å². The molecular weight excluding hydrogens is 284 g/mol. The molecule has 0 aliphatic heterocycles. The number of hydrogen-bond acceptors (Lipinski definition) is 2. The van der Waals surface area contributed by atoms with Gasteiger partial charge in [-0.3, -0.25) is 4.79 Å². The van der Waals surface area contributed by atoms with Crippen molar-refractivity contribution in [2.24, 2.45) is 23.7 Å². The van der Waals surface area contributed by atoms with Crippen molar-refractivity contribution in [3.63, 3.8) is 0 Å². The van der Waals surface area contributed by atoms with Crippen LogP contribution in [0.15, 0.2) is 12.1 Å². The van der Waals surface area contributed by atoms with Gasteiger partial charge in [-0.2, -0.15) is 0 Å². The van der Waals surface area contributed by atoms with Crippen LogP contribution in [0.2, 0.25) is 5.15 Å². The molecule has 4 aliphatic carbocycles. The van der Waals surface area contributed by atoms with Crippen LogP contribution in [-0.2, 0) is 0 Å². The minimum atomic E-state index is 0.0224. The zero-order valence-electron chi connectivity index (χ0n) is 12.3. The Labute approximate surface area is 130 Å². The van der Waals surface area contributed by atoms with Crippen LogP contribution in [0.4, 0.5) is 0 Å². The fourth-order valence-electron chi connectivity index (χ4n) is 5.16. The summed E-state index contributed by atoms with van der Waals surface area (Å²) in [5.74, 6) is 3.28. The van der Waals surface area contributed by atoms with Crippen LogP contribution < -0.4 is 5.32 Å². The van der Waals surface area contributed by atoms with Crippen LogP contribution in [0.1, 0.15) is 48.2 Å². The second-order valence-electron chi connectivity index (χ2n) is 7.20. The first-order valence-corrected chi connectivity index (χ1v) is 8.42. The summed E-state index contributed by atoms with van der Waals surface area (Å²) in [4.78, 5) is 16.8. The molecule has 0 unspecified atom stereocenters.